The van der Waals surface area contributed by atoms with Gasteiger partial charge in [-0.3, -0.25) is 4.68 Å². The fourth-order valence-corrected chi connectivity index (χ4v) is 1.88. The summed E-state index contributed by atoms with van der Waals surface area (Å²) in [6, 6.07) is 9.80. The number of para-hydroxylation sites is 1. The first kappa shape index (κ1) is 11.2. The number of hydrogen-bond acceptors (Lipinski definition) is 2. The number of rotatable bonds is 4. The van der Waals surface area contributed by atoms with Gasteiger partial charge in [-0.05, 0) is 41.1 Å². The van der Waals surface area contributed by atoms with Gasteiger partial charge in [-0.25, -0.2) is 0 Å². The highest BCUT2D eigenvalue weighted by atomic mass is 79.9. The number of nitrogens with zero attached hydrogens (tertiary/aromatic N) is 2. The summed E-state index contributed by atoms with van der Waals surface area (Å²) in [5.41, 5.74) is 1.08. The molecule has 0 saturated heterocycles. The maximum atomic E-state index is 5.72. The van der Waals surface area contributed by atoms with Crippen molar-refractivity contribution in [1.29, 1.82) is 0 Å². The average Bonchev–Trinajstić information content (AvgIpc) is 2.75. The van der Waals surface area contributed by atoms with Gasteiger partial charge in [-0.1, -0.05) is 12.1 Å². The normalized spacial score (nSPS) is 10.4. The zero-order chi connectivity index (χ0) is 11.4. The number of hydrogen-bond donors (Lipinski definition) is 0. The predicted octanol–water partition coefficient (Wildman–Crippen LogP) is 3.24. The Kier molecular flexibility index (Phi) is 3.62. The Morgan fingerprint density at radius 1 is 1.31 bits per heavy atom. The monoisotopic (exact) mass is 280 g/mol. The van der Waals surface area contributed by atoms with Gasteiger partial charge in [-0.2, -0.15) is 5.10 Å². The topological polar surface area (TPSA) is 27.1 Å². The summed E-state index contributed by atoms with van der Waals surface area (Å²) >= 11 is 3.45. The van der Waals surface area contributed by atoms with Gasteiger partial charge in [0.2, 0.25) is 0 Å². The number of halogens is 1. The molecular formula is C12H13BrN2O. The zero-order valence-electron chi connectivity index (χ0n) is 9.06. The molecule has 0 spiro atoms. The lowest BCUT2D eigenvalue weighted by Crippen LogP contribution is -2.06. The van der Waals surface area contributed by atoms with Crippen LogP contribution in [-0.4, -0.2) is 9.78 Å². The fourth-order valence-electron chi connectivity index (χ4n) is 1.48. The predicted molar refractivity (Wildman–Crippen MR) is 66.4 cm³/mol. The smallest absolute Gasteiger partial charge is 0.134 e. The van der Waals surface area contributed by atoms with E-state index in [0.29, 0.717) is 6.61 Å². The maximum absolute atomic E-state index is 5.72. The van der Waals surface area contributed by atoms with Crippen molar-refractivity contribution in [3.05, 3.63) is 46.7 Å². The van der Waals surface area contributed by atoms with Crippen LogP contribution in [0.2, 0.25) is 0 Å². The molecule has 0 bridgehead atoms. The number of aryl methyl sites for hydroxylation is 1. The molecule has 1 aromatic carbocycles. The van der Waals surface area contributed by atoms with E-state index >= 15 is 0 Å². The molecule has 0 radical (unpaired) electrons. The van der Waals surface area contributed by atoms with E-state index in [-0.39, 0.29) is 0 Å². The highest BCUT2D eigenvalue weighted by molar-refractivity contribution is 9.10. The number of benzene rings is 1. The molecule has 0 N–H and O–H groups in total. The maximum Gasteiger partial charge on any atom is 0.134 e. The van der Waals surface area contributed by atoms with Crippen molar-refractivity contribution in [1.82, 2.24) is 9.78 Å². The second-order valence-corrected chi connectivity index (χ2v) is 4.21. The minimum atomic E-state index is 0.538. The lowest BCUT2D eigenvalue weighted by Gasteiger charge is -2.08. The first-order valence-electron chi connectivity index (χ1n) is 5.19. The highest BCUT2D eigenvalue weighted by Crippen LogP contribution is 2.24. The summed E-state index contributed by atoms with van der Waals surface area (Å²) < 4.78 is 8.61. The van der Waals surface area contributed by atoms with Crippen LogP contribution in [0.4, 0.5) is 0 Å². The van der Waals surface area contributed by atoms with Gasteiger partial charge >= 0.3 is 0 Å². The molecule has 2 rings (SSSR count). The van der Waals surface area contributed by atoms with Crippen LogP contribution in [0.5, 0.6) is 5.75 Å². The van der Waals surface area contributed by atoms with Crippen molar-refractivity contribution in [3.8, 4) is 5.75 Å². The van der Waals surface area contributed by atoms with E-state index in [1.807, 2.05) is 35.0 Å². The van der Waals surface area contributed by atoms with Gasteiger partial charge in [0.15, 0.2) is 0 Å². The second-order valence-electron chi connectivity index (χ2n) is 3.36. The third-order valence-electron chi connectivity index (χ3n) is 2.32. The molecule has 1 aromatic heterocycles. The van der Waals surface area contributed by atoms with E-state index in [0.717, 1.165) is 22.5 Å². The Labute approximate surface area is 103 Å². The summed E-state index contributed by atoms with van der Waals surface area (Å²) in [6.45, 7) is 3.47. The largest absolute Gasteiger partial charge is 0.486 e. The average molecular weight is 281 g/mol. The fraction of sp³-hybridized carbons (Fsp3) is 0.250. The van der Waals surface area contributed by atoms with Crippen LogP contribution in [0.1, 0.15) is 12.6 Å². The molecular weight excluding hydrogens is 268 g/mol. The van der Waals surface area contributed by atoms with Gasteiger partial charge in [0, 0.05) is 12.7 Å². The minimum absolute atomic E-state index is 0.538. The van der Waals surface area contributed by atoms with E-state index in [9.17, 15) is 0 Å². The molecule has 2 aromatic rings. The Morgan fingerprint density at radius 3 is 2.88 bits per heavy atom. The quantitative estimate of drug-likeness (QED) is 0.860. The van der Waals surface area contributed by atoms with Crippen molar-refractivity contribution in [2.75, 3.05) is 0 Å². The van der Waals surface area contributed by atoms with E-state index < -0.39 is 0 Å². The van der Waals surface area contributed by atoms with E-state index in [2.05, 4.69) is 28.0 Å². The molecule has 0 aliphatic rings. The Hall–Kier alpha value is -1.29. The van der Waals surface area contributed by atoms with E-state index in [1.54, 1.807) is 6.20 Å². The van der Waals surface area contributed by atoms with Crippen molar-refractivity contribution >= 4 is 15.9 Å². The van der Waals surface area contributed by atoms with Crippen LogP contribution in [0.15, 0.2) is 41.0 Å². The lowest BCUT2D eigenvalue weighted by molar-refractivity contribution is 0.290. The van der Waals surface area contributed by atoms with E-state index in [4.69, 9.17) is 4.74 Å². The molecule has 0 aliphatic carbocycles. The van der Waals surface area contributed by atoms with Crippen molar-refractivity contribution in [2.24, 2.45) is 0 Å². The molecule has 0 aliphatic heterocycles. The third-order valence-corrected chi connectivity index (χ3v) is 2.97. The van der Waals surface area contributed by atoms with Crippen molar-refractivity contribution in [3.63, 3.8) is 0 Å². The molecule has 4 heteroatoms. The summed E-state index contributed by atoms with van der Waals surface area (Å²) in [6.07, 6.45) is 1.79. The summed E-state index contributed by atoms with van der Waals surface area (Å²) in [7, 11) is 0. The highest BCUT2D eigenvalue weighted by Gasteiger charge is 2.03. The van der Waals surface area contributed by atoms with Gasteiger partial charge in [-0.15, -0.1) is 0 Å². The number of ether oxygens (including phenoxy) is 1. The summed E-state index contributed by atoms with van der Waals surface area (Å²) in [5.74, 6) is 0.853. The SMILES string of the molecule is CCn1nccc1COc1ccccc1Br. The van der Waals surface area contributed by atoms with Crippen LogP contribution in [-0.2, 0) is 13.2 Å². The Morgan fingerprint density at radius 2 is 2.12 bits per heavy atom. The molecule has 84 valence electrons. The van der Waals surface area contributed by atoms with Crippen molar-refractivity contribution < 1.29 is 4.74 Å². The summed E-state index contributed by atoms with van der Waals surface area (Å²) in [5, 5.41) is 4.19. The van der Waals surface area contributed by atoms with Crippen LogP contribution in [0, 0.1) is 0 Å². The van der Waals surface area contributed by atoms with Crippen LogP contribution < -0.4 is 4.74 Å². The standard InChI is InChI=1S/C12H13BrN2O/c1-2-15-10(7-8-14-15)9-16-12-6-4-3-5-11(12)13/h3-8H,2,9H2,1H3. The zero-order valence-corrected chi connectivity index (χ0v) is 10.6. The summed E-state index contributed by atoms with van der Waals surface area (Å²) in [4.78, 5) is 0. The molecule has 3 nitrogen and oxygen atoms in total. The molecule has 0 fully saturated rings. The minimum Gasteiger partial charge on any atom is -0.486 e. The van der Waals surface area contributed by atoms with Gasteiger partial charge < -0.3 is 4.74 Å². The van der Waals surface area contributed by atoms with Gasteiger partial charge in [0.25, 0.3) is 0 Å². The van der Waals surface area contributed by atoms with Crippen molar-refractivity contribution in [2.45, 2.75) is 20.1 Å². The Balaban J connectivity index is 2.05. The van der Waals surface area contributed by atoms with Crippen LogP contribution >= 0.6 is 15.9 Å². The van der Waals surface area contributed by atoms with E-state index in [1.165, 1.54) is 0 Å². The molecule has 16 heavy (non-hydrogen) atoms. The first-order valence-corrected chi connectivity index (χ1v) is 5.98. The van der Waals surface area contributed by atoms with Crippen LogP contribution in [0.25, 0.3) is 0 Å². The molecule has 0 atom stereocenters. The molecule has 1 heterocycles. The third kappa shape index (κ3) is 2.44. The second kappa shape index (κ2) is 5.16. The Bertz CT molecular complexity index is 468. The first-order chi connectivity index (χ1) is 7.81. The molecule has 0 unspecified atom stereocenters. The molecule has 0 amide bonds. The lowest BCUT2D eigenvalue weighted by atomic mass is 10.3. The van der Waals surface area contributed by atoms with Gasteiger partial charge in [0.05, 0.1) is 10.2 Å². The van der Waals surface area contributed by atoms with Crippen LogP contribution in [0.3, 0.4) is 0 Å². The number of aromatic nitrogens is 2. The molecule has 0 saturated carbocycles. The van der Waals surface area contributed by atoms with Gasteiger partial charge in [0.1, 0.15) is 12.4 Å².